The number of hydrogen-bond acceptors (Lipinski definition) is 4. The zero-order valence-electron chi connectivity index (χ0n) is 15.8. The number of aryl methyl sites for hydroxylation is 3. The molecule has 3 rings (SSSR count). The van der Waals surface area contributed by atoms with Crippen molar-refractivity contribution in [3.8, 4) is 0 Å². The molecular weight excluding hydrogens is 349 g/mol. The van der Waals surface area contributed by atoms with Crippen LogP contribution in [0.1, 0.15) is 27.3 Å². The SMILES string of the molecule is Cc1ccc(C(=O)N2CCN(CC(=O)Nc3c(C)n[nH]c3C)CC2)cc1F. The Labute approximate surface area is 157 Å². The van der Waals surface area contributed by atoms with Crippen LogP contribution in [0.3, 0.4) is 0 Å². The molecule has 7 nitrogen and oxygen atoms in total. The highest BCUT2D eigenvalue weighted by atomic mass is 19.1. The molecule has 2 heterocycles. The van der Waals surface area contributed by atoms with Crippen LogP contribution in [0.5, 0.6) is 0 Å². The number of nitrogens with one attached hydrogen (secondary N) is 2. The predicted octanol–water partition coefficient (Wildman–Crippen LogP) is 1.87. The molecule has 0 saturated carbocycles. The fourth-order valence-corrected chi connectivity index (χ4v) is 3.13. The largest absolute Gasteiger partial charge is 0.336 e. The molecule has 1 aromatic heterocycles. The summed E-state index contributed by atoms with van der Waals surface area (Å²) in [6, 6.07) is 4.55. The quantitative estimate of drug-likeness (QED) is 0.857. The van der Waals surface area contributed by atoms with Gasteiger partial charge in [0.2, 0.25) is 5.91 Å². The molecular formula is C19H24FN5O2. The Bertz CT molecular complexity index is 836. The molecule has 2 amide bonds. The zero-order chi connectivity index (χ0) is 19.6. The van der Waals surface area contributed by atoms with E-state index in [0.29, 0.717) is 37.3 Å². The van der Waals surface area contributed by atoms with Crippen molar-refractivity contribution < 1.29 is 14.0 Å². The first-order valence-corrected chi connectivity index (χ1v) is 8.94. The van der Waals surface area contributed by atoms with Gasteiger partial charge in [-0.2, -0.15) is 5.10 Å². The lowest BCUT2D eigenvalue weighted by Crippen LogP contribution is -2.50. The molecule has 1 aliphatic heterocycles. The predicted molar refractivity (Wildman–Crippen MR) is 100 cm³/mol. The van der Waals surface area contributed by atoms with Gasteiger partial charge in [-0.25, -0.2) is 4.39 Å². The Morgan fingerprint density at radius 3 is 2.48 bits per heavy atom. The summed E-state index contributed by atoms with van der Waals surface area (Å²) in [6.45, 7) is 7.81. The molecule has 0 aliphatic carbocycles. The van der Waals surface area contributed by atoms with Gasteiger partial charge in [0.15, 0.2) is 0 Å². The van der Waals surface area contributed by atoms with Crippen LogP contribution in [-0.2, 0) is 4.79 Å². The van der Waals surface area contributed by atoms with E-state index in [-0.39, 0.29) is 24.2 Å². The van der Waals surface area contributed by atoms with E-state index >= 15 is 0 Å². The molecule has 1 fully saturated rings. The maximum Gasteiger partial charge on any atom is 0.254 e. The average molecular weight is 373 g/mol. The van der Waals surface area contributed by atoms with Gasteiger partial charge in [-0.15, -0.1) is 0 Å². The highest BCUT2D eigenvalue weighted by molar-refractivity contribution is 5.95. The standard InChI is InChI=1S/C19H24FN5O2/c1-12-4-5-15(10-16(12)20)19(27)25-8-6-24(7-9-25)11-17(26)21-18-13(2)22-23-14(18)3/h4-5,10H,6-9,11H2,1-3H3,(H,21,26)(H,22,23). The average Bonchev–Trinajstić information content (AvgIpc) is 2.96. The monoisotopic (exact) mass is 373 g/mol. The molecule has 1 aliphatic rings. The van der Waals surface area contributed by atoms with Crippen molar-refractivity contribution in [2.45, 2.75) is 20.8 Å². The normalized spacial score (nSPS) is 15.0. The van der Waals surface area contributed by atoms with Gasteiger partial charge < -0.3 is 10.2 Å². The van der Waals surface area contributed by atoms with E-state index < -0.39 is 0 Å². The van der Waals surface area contributed by atoms with E-state index in [9.17, 15) is 14.0 Å². The number of carbonyl (C=O) groups is 2. The molecule has 0 spiro atoms. The summed E-state index contributed by atoms with van der Waals surface area (Å²) < 4.78 is 13.7. The van der Waals surface area contributed by atoms with Crippen molar-refractivity contribution >= 4 is 17.5 Å². The van der Waals surface area contributed by atoms with Crippen LogP contribution in [0.4, 0.5) is 10.1 Å². The third-order valence-electron chi connectivity index (χ3n) is 4.84. The van der Waals surface area contributed by atoms with Crippen molar-refractivity contribution in [1.29, 1.82) is 0 Å². The Kier molecular flexibility index (Phi) is 5.55. The van der Waals surface area contributed by atoms with Crippen molar-refractivity contribution in [1.82, 2.24) is 20.0 Å². The minimum atomic E-state index is -0.374. The van der Waals surface area contributed by atoms with Gasteiger partial charge in [-0.3, -0.25) is 19.6 Å². The van der Waals surface area contributed by atoms with Gasteiger partial charge in [0.1, 0.15) is 5.82 Å². The second-order valence-corrected chi connectivity index (χ2v) is 6.89. The van der Waals surface area contributed by atoms with E-state index in [1.807, 2.05) is 18.7 Å². The fourth-order valence-electron chi connectivity index (χ4n) is 3.13. The summed E-state index contributed by atoms with van der Waals surface area (Å²) in [4.78, 5) is 28.5. The third-order valence-corrected chi connectivity index (χ3v) is 4.84. The van der Waals surface area contributed by atoms with Crippen molar-refractivity contribution in [2.24, 2.45) is 0 Å². The number of aromatic amines is 1. The highest BCUT2D eigenvalue weighted by Crippen LogP contribution is 2.16. The van der Waals surface area contributed by atoms with E-state index in [1.54, 1.807) is 24.0 Å². The Hall–Kier alpha value is -2.74. The van der Waals surface area contributed by atoms with Gasteiger partial charge in [-0.1, -0.05) is 6.07 Å². The second kappa shape index (κ2) is 7.87. The number of aromatic nitrogens is 2. The molecule has 1 aromatic carbocycles. The molecule has 0 atom stereocenters. The molecule has 2 aromatic rings. The number of halogens is 1. The lowest BCUT2D eigenvalue weighted by Gasteiger charge is -2.34. The van der Waals surface area contributed by atoms with Gasteiger partial charge in [0, 0.05) is 31.7 Å². The van der Waals surface area contributed by atoms with Crippen LogP contribution in [-0.4, -0.2) is 64.5 Å². The third kappa shape index (κ3) is 4.33. The number of carbonyl (C=O) groups excluding carboxylic acids is 2. The Morgan fingerprint density at radius 2 is 1.89 bits per heavy atom. The van der Waals surface area contributed by atoms with Crippen molar-refractivity contribution in [3.05, 3.63) is 46.5 Å². The lowest BCUT2D eigenvalue weighted by atomic mass is 10.1. The minimum Gasteiger partial charge on any atom is -0.336 e. The molecule has 8 heteroatoms. The van der Waals surface area contributed by atoms with E-state index in [1.165, 1.54) is 6.07 Å². The molecule has 2 N–H and O–H groups in total. The molecule has 27 heavy (non-hydrogen) atoms. The number of amides is 2. The van der Waals surface area contributed by atoms with Crippen LogP contribution < -0.4 is 5.32 Å². The first-order chi connectivity index (χ1) is 12.8. The van der Waals surface area contributed by atoms with Crippen LogP contribution in [0.25, 0.3) is 0 Å². The number of benzene rings is 1. The molecule has 0 unspecified atom stereocenters. The first kappa shape index (κ1) is 19.0. The lowest BCUT2D eigenvalue weighted by molar-refractivity contribution is -0.117. The fraction of sp³-hybridized carbons (Fsp3) is 0.421. The smallest absolute Gasteiger partial charge is 0.254 e. The summed E-state index contributed by atoms with van der Waals surface area (Å²) in [5.74, 6) is -0.661. The summed E-state index contributed by atoms with van der Waals surface area (Å²) >= 11 is 0. The van der Waals surface area contributed by atoms with Crippen LogP contribution in [0, 0.1) is 26.6 Å². The van der Waals surface area contributed by atoms with Crippen LogP contribution >= 0.6 is 0 Å². The van der Waals surface area contributed by atoms with Crippen LogP contribution in [0.15, 0.2) is 18.2 Å². The summed E-state index contributed by atoms with van der Waals surface area (Å²) in [5.41, 5.74) is 3.17. The van der Waals surface area contributed by atoms with Crippen molar-refractivity contribution in [2.75, 3.05) is 38.0 Å². The molecule has 0 radical (unpaired) electrons. The topological polar surface area (TPSA) is 81.3 Å². The number of nitrogens with zero attached hydrogens (tertiary/aromatic N) is 3. The summed E-state index contributed by atoms with van der Waals surface area (Å²) in [6.07, 6.45) is 0. The Morgan fingerprint density at radius 1 is 1.19 bits per heavy atom. The molecule has 144 valence electrons. The second-order valence-electron chi connectivity index (χ2n) is 6.89. The van der Waals surface area contributed by atoms with Gasteiger partial charge in [0.25, 0.3) is 5.91 Å². The molecule has 0 bridgehead atoms. The van der Waals surface area contributed by atoms with Gasteiger partial charge >= 0.3 is 0 Å². The maximum absolute atomic E-state index is 13.7. The van der Waals surface area contributed by atoms with E-state index in [4.69, 9.17) is 0 Å². The molecule has 1 saturated heterocycles. The van der Waals surface area contributed by atoms with E-state index in [0.717, 1.165) is 17.1 Å². The summed E-state index contributed by atoms with van der Waals surface area (Å²) in [5, 5.41) is 9.78. The maximum atomic E-state index is 13.7. The van der Waals surface area contributed by atoms with Gasteiger partial charge in [-0.05, 0) is 38.5 Å². The van der Waals surface area contributed by atoms with Crippen LogP contribution in [0.2, 0.25) is 0 Å². The van der Waals surface area contributed by atoms with Crippen molar-refractivity contribution in [3.63, 3.8) is 0 Å². The number of H-pyrrole nitrogens is 1. The van der Waals surface area contributed by atoms with Gasteiger partial charge in [0.05, 0.1) is 23.6 Å². The first-order valence-electron chi connectivity index (χ1n) is 8.94. The number of hydrogen-bond donors (Lipinski definition) is 2. The minimum absolute atomic E-state index is 0.108. The Balaban J connectivity index is 1.52. The summed E-state index contributed by atoms with van der Waals surface area (Å²) in [7, 11) is 0. The zero-order valence-corrected chi connectivity index (χ0v) is 15.8. The highest BCUT2D eigenvalue weighted by Gasteiger charge is 2.24. The number of anilines is 1. The number of piperazine rings is 1. The van der Waals surface area contributed by atoms with E-state index in [2.05, 4.69) is 15.5 Å². The number of rotatable bonds is 4.